The molecule has 3 heterocycles. The van der Waals surface area contributed by atoms with E-state index < -0.39 is 0 Å². The van der Waals surface area contributed by atoms with Gasteiger partial charge in [-0.1, -0.05) is 28.2 Å². The number of amides is 2. The molecule has 4 rings (SSSR count). The fraction of sp³-hybridized carbons (Fsp3) is 0.500. The van der Waals surface area contributed by atoms with Gasteiger partial charge in [0.15, 0.2) is 0 Å². The van der Waals surface area contributed by atoms with Gasteiger partial charge in [-0.15, -0.1) is 5.10 Å². The van der Waals surface area contributed by atoms with Gasteiger partial charge in [0.25, 0.3) is 0 Å². The fourth-order valence-electron chi connectivity index (χ4n) is 4.42. The highest BCUT2D eigenvalue weighted by atomic mass is 35.5. The number of aromatic nitrogens is 2. The first kappa shape index (κ1) is 20.3. The van der Waals surface area contributed by atoms with Gasteiger partial charge >= 0.3 is 0 Å². The summed E-state index contributed by atoms with van der Waals surface area (Å²) >= 11 is 7.40. The molecule has 1 aromatic heterocycles. The van der Waals surface area contributed by atoms with Crippen LogP contribution in [0.2, 0.25) is 5.02 Å². The highest BCUT2D eigenvalue weighted by Gasteiger charge is 2.38. The van der Waals surface area contributed by atoms with Crippen molar-refractivity contribution in [3.63, 3.8) is 0 Å². The molecule has 2 fully saturated rings. The molecule has 2 aliphatic heterocycles. The van der Waals surface area contributed by atoms with Gasteiger partial charge in [0.1, 0.15) is 0 Å². The van der Waals surface area contributed by atoms with Crippen LogP contribution in [0.5, 0.6) is 0 Å². The van der Waals surface area contributed by atoms with E-state index in [-0.39, 0.29) is 29.6 Å². The van der Waals surface area contributed by atoms with Gasteiger partial charge in [-0.05, 0) is 42.1 Å². The van der Waals surface area contributed by atoms with Gasteiger partial charge in [-0.2, -0.15) is 0 Å². The van der Waals surface area contributed by atoms with E-state index in [0.29, 0.717) is 24.7 Å². The number of carbonyl (C=O) groups excluding carboxylic acids is 2. The molecular weight excluding hydrogens is 410 g/mol. The lowest BCUT2D eigenvalue weighted by Crippen LogP contribution is -2.47. The summed E-state index contributed by atoms with van der Waals surface area (Å²) in [5.41, 5.74) is 7.61. The van der Waals surface area contributed by atoms with Crippen molar-refractivity contribution in [1.82, 2.24) is 19.4 Å². The number of carbonyl (C=O) groups is 2. The van der Waals surface area contributed by atoms with Crippen LogP contribution in [0.4, 0.5) is 0 Å². The van der Waals surface area contributed by atoms with E-state index in [0.717, 1.165) is 31.6 Å². The minimum Gasteiger partial charge on any atom is -0.369 e. The molecule has 2 amide bonds. The number of primary amides is 1. The van der Waals surface area contributed by atoms with Crippen molar-refractivity contribution >= 4 is 34.9 Å². The first-order valence-electron chi connectivity index (χ1n) is 9.83. The van der Waals surface area contributed by atoms with Crippen molar-refractivity contribution in [3.8, 4) is 0 Å². The van der Waals surface area contributed by atoms with Gasteiger partial charge in [0.2, 0.25) is 11.8 Å². The fourth-order valence-corrected chi connectivity index (χ4v) is 5.07. The molecule has 7 nitrogen and oxygen atoms in total. The Labute approximate surface area is 179 Å². The molecule has 2 aromatic rings. The predicted octanol–water partition coefficient (Wildman–Crippen LogP) is 2.10. The van der Waals surface area contributed by atoms with Crippen molar-refractivity contribution < 1.29 is 9.59 Å². The van der Waals surface area contributed by atoms with E-state index in [4.69, 9.17) is 17.3 Å². The standard InChI is InChI=1S/C20H24ClN5O2S/c21-15-5-3-13(4-6-15)16-9-25(10-17(16)18-12-29-24-23-18)11-19(27)26-7-1-2-14(8-26)20(22)28/h3-6,12,14,16-17H,1-2,7-11H2,(H2,22,28)/t14?,16-,17+/m1/s1. The summed E-state index contributed by atoms with van der Waals surface area (Å²) in [6.45, 7) is 2.97. The van der Waals surface area contributed by atoms with E-state index in [9.17, 15) is 9.59 Å². The lowest BCUT2D eigenvalue weighted by Gasteiger charge is -2.32. The van der Waals surface area contributed by atoms with Crippen molar-refractivity contribution in [2.24, 2.45) is 11.7 Å². The van der Waals surface area contributed by atoms with Crippen molar-refractivity contribution in [1.29, 1.82) is 0 Å². The second-order valence-corrected chi connectivity index (χ2v) is 8.92. The van der Waals surface area contributed by atoms with E-state index in [1.54, 1.807) is 4.90 Å². The van der Waals surface area contributed by atoms with Crippen LogP contribution < -0.4 is 5.73 Å². The van der Waals surface area contributed by atoms with Crippen LogP contribution in [0.3, 0.4) is 0 Å². The van der Waals surface area contributed by atoms with Crippen LogP contribution in [0.15, 0.2) is 29.6 Å². The number of hydrogen-bond acceptors (Lipinski definition) is 6. The highest BCUT2D eigenvalue weighted by molar-refractivity contribution is 7.03. The van der Waals surface area contributed by atoms with Crippen molar-refractivity contribution in [2.75, 3.05) is 32.7 Å². The summed E-state index contributed by atoms with van der Waals surface area (Å²) in [4.78, 5) is 28.4. The zero-order chi connectivity index (χ0) is 20.4. The highest BCUT2D eigenvalue weighted by Crippen LogP contribution is 2.39. The lowest BCUT2D eigenvalue weighted by atomic mass is 9.87. The maximum Gasteiger partial charge on any atom is 0.236 e. The smallest absolute Gasteiger partial charge is 0.236 e. The van der Waals surface area contributed by atoms with Crippen LogP contribution >= 0.6 is 23.1 Å². The van der Waals surface area contributed by atoms with Crippen LogP contribution in [-0.4, -0.2) is 63.9 Å². The average molecular weight is 434 g/mol. The minimum atomic E-state index is -0.317. The molecule has 1 aromatic carbocycles. The zero-order valence-corrected chi connectivity index (χ0v) is 17.6. The molecule has 9 heteroatoms. The van der Waals surface area contributed by atoms with Crippen LogP contribution in [0.25, 0.3) is 0 Å². The molecule has 0 aliphatic carbocycles. The number of halogens is 1. The molecular formula is C20H24ClN5O2S. The second-order valence-electron chi connectivity index (χ2n) is 7.87. The van der Waals surface area contributed by atoms with Crippen molar-refractivity contribution in [2.45, 2.75) is 24.7 Å². The Morgan fingerprint density at radius 2 is 1.93 bits per heavy atom. The van der Waals surface area contributed by atoms with E-state index in [1.165, 1.54) is 17.1 Å². The number of benzene rings is 1. The second kappa shape index (κ2) is 8.77. The molecule has 1 unspecified atom stereocenters. The van der Waals surface area contributed by atoms with Crippen LogP contribution in [0.1, 0.15) is 35.9 Å². The molecule has 3 atom stereocenters. The summed E-state index contributed by atoms with van der Waals surface area (Å²) in [5, 5.41) is 6.99. The first-order valence-corrected chi connectivity index (χ1v) is 11.0. The Morgan fingerprint density at radius 3 is 2.62 bits per heavy atom. The Hall–Kier alpha value is -2.03. The van der Waals surface area contributed by atoms with E-state index in [2.05, 4.69) is 14.5 Å². The van der Waals surface area contributed by atoms with Gasteiger partial charge in [-0.3, -0.25) is 14.5 Å². The maximum atomic E-state index is 12.9. The SMILES string of the molecule is NC(=O)C1CCCN(C(=O)CN2C[C@H](c3ccc(Cl)cc3)[C@@H](c3csnn3)C2)C1. The molecule has 0 bridgehead atoms. The number of piperidine rings is 1. The number of nitrogens with two attached hydrogens (primary N) is 1. The average Bonchev–Trinajstić information content (AvgIpc) is 3.38. The first-order chi connectivity index (χ1) is 14.0. The number of likely N-dealkylation sites (tertiary alicyclic amines) is 2. The third kappa shape index (κ3) is 4.60. The predicted molar refractivity (Wildman–Crippen MR) is 112 cm³/mol. The maximum absolute atomic E-state index is 12.9. The van der Waals surface area contributed by atoms with Gasteiger partial charge in [0, 0.05) is 48.4 Å². The number of rotatable bonds is 5. The minimum absolute atomic E-state index is 0.0582. The quantitative estimate of drug-likeness (QED) is 0.779. The molecule has 0 saturated carbocycles. The molecule has 2 N–H and O–H groups in total. The summed E-state index contributed by atoms with van der Waals surface area (Å²) in [6.07, 6.45) is 1.58. The van der Waals surface area contributed by atoms with E-state index >= 15 is 0 Å². The summed E-state index contributed by atoms with van der Waals surface area (Å²) in [6, 6.07) is 7.90. The lowest BCUT2D eigenvalue weighted by molar-refractivity contribution is -0.135. The molecule has 0 radical (unpaired) electrons. The van der Waals surface area contributed by atoms with Crippen LogP contribution in [-0.2, 0) is 9.59 Å². The van der Waals surface area contributed by atoms with Gasteiger partial charge < -0.3 is 10.6 Å². The Balaban J connectivity index is 1.46. The normalized spacial score (nSPS) is 25.3. The summed E-state index contributed by atoms with van der Waals surface area (Å²) in [5.74, 6) is -0.0847. The Bertz CT molecular complexity index is 860. The molecule has 2 saturated heterocycles. The largest absolute Gasteiger partial charge is 0.369 e. The van der Waals surface area contributed by atoms with Gasteiger partial charge in [0.05, 0.1) is 18.2 Å². The summed E-state index contributed by atoms with van der Waals surface area (Å²) < 4.78 is 4.03. The zero-order valence-electron chi connectivity index (χ0n) is 16.0. The third-order valence-corrected chi connectivity index (χ3v) is 6.76. The molecule has 29 heavy (non-hydrogen) atoms. The van der Waals surface area contributed by atoms with E-state index in [1.807, 2.05) is 29.6 Å². The molecule has 0 spiro atoms. The molecule has 2 aliphatic rings. The topological polar surface area (TPSA) is 92.4 Å². The third-order valence-electron chi connectivity index (χ3n) is 5.99. The number of hydrogen-bond donors (Lipinski definition) is 1. The monoisotopic (exact) mass is 433 g/mol. The number of nitrogens with zero attached hydrogens (tertiary/aromatic N) is 4. The van der Waals surface area contributed by atoms with Crippen molar-refractivity contribution in [3.05, 3.63) is 45.9 Å². The van der Waals surface area contributed by atoms with Gasteiger partial charge in [-0.25, -0.2) is 0 Å². The van der Waals surface area contributed by atoms with Crippen LogP contribution in [0, 0.1) is 5.92 Å². The summed E-state index contributed by atoms with van der Waals surface area (Å²) in [7, 11) is 0. The Kier molecular flexibility index (Phi) is 6.12. The molecule has 154 valence electrons. The Morgan fingerprint density at radius 1 is 1.17 bits per heavy atom.